The summed E-state index contributed by atoms with van der Waals surface area (Å²) in [6.07, 6.45) is 13.4. The van der Waals surface area contributed by atoms with Crippen molar-refractivity contribution in [1.82, 2.24) is 0 Å². The van der Waals surface area contributed by atoms with E-state index in [0.717, 1.165) is 18.9 Å². The van der Waals surface area contributed by atoms with Crippen molar-refractivity contribution in [2.75, 3.05) is 6.61 Å². The number of hydrogen-bond acceptors (Lipinski definition) is 2. The van der Waals surface area contributed by atoms with Gasteiger partial charge in [-0.2, -0.15) is 0 Å². The zero-order valence-electron chi connectivity index (χ0n) is 12.6. The molecular formula is C17H35NO. The van der Waals surface area contributed by atoms with Gasteiger partial charge in [-0.25, -0.2) is 4.99 Å². The summed E-state index contributed by atoms with van der Waals surface area (Å²) in [5.74, 6) is 0.989. The third-order valence-corrected chi connectivity index (χ3v) is 3.51. The summed E-state index contributed by atoms with van der Waals surface area (Å²) in [6.45, 7) is 7.31. The lowest BCUT2D eigenvalue weighted by Gasteiger charge is -2.07. The topological polar surface area (TPSA) is 21.6 Å². The zero-order chi connectivity index (χ0) is 13.3. The van der Waals surface area contributed by atoms with Gasteiger partial charge in [0.25, 0.3) is 0 Å². The minimum absolute atomic E-state index is 0. The van der Waals surface area contributed by atoms with Crippen molar-refractivity contribution in [3.05, 3.63) is 0 Å². The Kier molecular flexibility index (Phi) is 9.99. The molecule has 1 heterocycles. The highest BCUT2D eigenvalue weighted by molar-refractivity contribution is 5.78. The average molecular weight is 269 g/mol. The van der Waals surface area contributed by atoms with Gasteiger partial charge in [-0.15, -0.1) is 0 Å². The molecule has 0 atom stereocenters. The normalized spacial score (nSPS) is 16.7. The van der Waals surface area contributed by atoms with E-state index in [1.807, 2.05) is 0 Å². The second-order valence-electron chi connectivity index (χ2n) is 6.19. The molecule has 0 saturated heterocycles. The van der Waals surface area contributed by atoms with E-state index in [1.165, 1.54) is 57.8 Å². The number of rotatable bonds is 10. The van der Waals surface area contributed by atoms with Gasteiger partial charge in [0, 0.05) is 6.42 Å². The van der Waals surface area contributed by atoms with Gasteiger partial charge in [0.2, 0.25) is 0 Å². The Bertz CT molecular complexity index is 246. The number of aliphatic imine (C=N–C) groups is 1. The van der Waals surface area contributed by atoms with Crippen molar-refractivity contribution in [3.63, 3.8) is 0 Å². The van der Waals surface area contributed by atoms with E-state index in [0.29, 0.717) is 0 Å². The molecule has 0 N–H and O–H groups in total. The third kappa shape index (κ3) is 9.07. The Labute approximate surface area is 121 Å². The molecule has 0 unspecified atom stereocenters. The van der Waals surface area contributed by atoms with E-state index < -0.39 is 0 Å². The van der Waals surface area contributed by atoms with Crippen LogP contribution in [0.15, 0.2) is 4.99 Å². The molecule has 1 aliphatic heterocycles. The second-order valence-corrected chi connectivity index (χ2v) is 6.19. The molecule has 19 heavy (non-hydrogen) atoms. The molecule has 0 aromatic rings. The van der Waals surface area contributed by atoms with Crippen LogP contribution in [0.3, 0.4) is 0 Å². The second kappa shape index (κ2) is 10.3. The molecule has 0 radical (unpaired) electrons. The van der Waals surface area contributed by atoms with Gasteiger partial charge >= 0.3 is 0 Å². The van der Waals surface area contributed by atoms with Crippen LogP contribution in [0, 0.1) is 0 Å². The molecule has 0 amide bonds. The van der Waals surface area contributed by atoms with E-state index in [2.05, 4.69) is 25.8 Å². The fraction of sp³-hybridized carbons (Fsp3) is 0.941. The van der Waals surface area contributed by atoms with Gasteiger partial charge in [0.05, 0.1) is 5.54 Å². The van der Waals surface area contributed by atoms with Crippen LogP contribution in [0.25, 0.3) is 0 Å². The lowest BCUT2D eigenvalue weighted by Crippen LogP contribution is -2.17. The van der Waals surface area contributed by atoms with Crippen molar-refractivity contribution in [3.8, 4) is 0 Å². The van der Waals surface area contributed by atoms with Gasteiger partial charge in [-0.1, -0.05) is 65.7 Å². The summed E-state index contributed by atoms with van der Waals surface area (Å²) in [4.78, 5) is 4.58. The smallest absolute Gasteiger partial charge is 0.183 e. The van der Waals surface area contributed by atoms with E-state index in [4.69, 9.17) is 4.74 Å². The van der Waals surface area contributed by atoms with Gasteiger partial charge in [0.1, 0.15) is 6.61 Å². The maximum Gasteiger partial charge on any atom is 0.183 e. The largest absolute Gasteiger partial charge is 0.478 e. The van der Waals surface area contributed by atoms with Gasteiger partial charge in [0.15, 0.2) is 5.90 Å². The first-order valence-corrected chi connectivity index (χ1v) is 7.85. The lowest BCUT2D eigenvalue weighted by atomic mass is 10.1. The number of hydrogen-bond donors (Lipinski definition) is 0. The summed E-state index contributed by atoms with van der Waals surface area (Å²) in [7, 11) is 0. The van der Waals surface area contributed by atoms with E-state index in [-0.39, 0.29) is 13.0 Å². The highest BCUT2D eigenvalue weighted by Gasteiger charge is 2.25. The maximum absolute atomic E-state index is 5.59. The Morgan fingerprint density at radius 2 is 1.47 bits per heavy atom. The summed E-state index contributed by atoms with van der Waals surface area (Å²) in [5.41, 5.74) is 0.0224. The average Bonchev–Trinajstić information content (AvgIpc) is 2.67. The molecule has 1 aliphatic rings. The van der Waals surface area contributed by atoms with Gasteiger partial charge in [-0.3, -0.25) is 0 Å². The Morgan fingerprint density at radius 1 is 0.947 bits per heavy atom. The monoisotopic (exact) mass is 269 g/mol. The van der Waals surface area contributed by atoms with E-state index in [1.54, 1.807) is 0 Å². The quantitative estimate of drug-likeness (QED) is 0.463. The predicted molar refractivity (Wildman–Crippen MR) is 86.0 cm³/mol. The first-order chi connectivity index (χ1) is 8.64. The molecule has 2 heteroatoms. The number of ether oxygens (including phenoxy) is 1. The predicted octanol–water partition coefficient (Wildman–Crippen LogP) is 5.75. The first kappa shape index (κ1) is 18.5. The summed E-state index contributed by atoms with van der Waals surface area (Å²) in [5, 5.41) is 0. The van der Waals surface area contributed by atoms with Gasteiger partial charge < -0.3 is 4.74 Å². The molecule has 0 aliphatic carbocycles. The molecule has 0 saturated carbocycles. The Hall–Kier alpha value is -0.530. The van der Waals surface area contributed by atoms with Crippen LogP contribution in [0.2, 0.25) is 0 Å². The first-order valence-electron chi connectivity index (χ1n) is 7.85. The third-order valence-electron chi connectivity index (χ3n) is 3.51. The Balaban J connectivity index is 0.00000324. The minimum atomic E-state index is 0. The van der Waals surface area contributed by atoms with Crippen LogP contribution in [0.1, 0.15) is 92.4 Å². The minimum Gasteiger partial charge on any atom is -0.478 e. The van der Waals surface area contributed by atoms with Crippen LogP contribution >= 0.6 is 0 Å². The molecule has 2 nitrogen and oxygen atoms in total. The van der Waals surface area contributed by atoms with Crippen LogP contribution in [0.4, 0.5) is 0 Å². The van der Waals surface area contributed by atoms with Crippen molar-refractivity contribution in [2.24, 2.45) is 4.99 Å². The molecule has 114 valence electrons. The fourth-order valence-electron chi connectivity index (χ4n) is 2.38. The number of nitrogens with zero attached hydrogens (tertiary/aromatic N) is 1. The van der Waals surface area contributed by atoms with E-state index >= 15 is 0 Å². The molecule has 1 rings (SSSR count). The standard InChI is InChI=1S/C16H31NO.CH4/c1-4-5-6-7-8-9-10-11-12-13-15-17-16(2,3)14-18-15;/h4-14H2,1-3H3;1H4. The molecule has 0 aromatic carbocycles. The van der Waals surface area contributed by atoms with Crippen LogP contribution in [-0.4, -0.2) is 18.0 Å². The lowest BCUT2D eigenvalue weighted by molar-refractivity contribution is 0.273. The summed E-state index contributed by atoms with van der Waals surface area (Å²) >= 11 is 0. The maximum atomic E-state index is 5.59. The van der Waals surface area contributed by atoms with Crippen molar-refractivity contribution in [1.29, 1.82) is 0 Å². The van der Waals surface area contributed by atoms with Crippen LogP contribution < -0.4 is 0 Å². The van der Waals surface area contributed by atoms with Crippen molar-refractivity contribution in [2.45, 2.75) is 97.9 Å². The fourth-order valence-corrected chi connectivity index (χ4v) is 2.38. The summed E-state index contributed by atoms with van der Waals surface area (Å²) < 4.78 is 5.59. The molecule has 0 fully saturated rings. The molecule has 0 aromatic heterocycles. The molecule has 0 spiro atoms. The molecule has 0 bridgehead atoms. The summed E-state index contributed by atoms with van der Waals surface area (Å²) in [6, 6.07) is 0. The highest BCUT2D eigenvalue weighted by Crippen LogP contribution is 2.19. The van der Waals surface area contributed by atoms with Gasteiger partial charge in [-0.05, 0) is 20.3 Å². The Morgan fingerprint density at radius 3 is 1.95 bits per heavy atom. The highest BCUT2D eigenvalue weighted by atomic mass is 16.5. The van der Waals surface area contributed by atoms with E-state index in [9.17, 15) is 0 Å². The SMILES string of the molecule is C.CCCCCCCCCCCC1=NC(C)(C)CO1. The molecular weight excluding hydrogens is 234 g/mol. The van der Waals surface area contributed by atoms with Crippen molar-refractivity contribution < 1.29 is 4.74 Å². The van der Waals surface area contributed by atoms with Crippen molar-refractivity contribution >= 4 is 5.90 Å². The van der Waals surface area contributed by atoms with Crippen LogP contribution in [-0.2, 0) is 4.74 Å². The number of unbranched alkanes of at least 4 members (excludes halogenated alkanes) is 8. The van der Waals surface area contributed by atoms with Crippen LogP contribution in [0.5, 0.6) is 0 Å². The zero-order valence-corrected chi connectivity index (χ0v) is 12.6.